The molecule has 2 unspecified atom stereocenters. The molecule has 1 saturated heterocycles. The van der Waals surface area contributed by atoms with Gasteiger partial charge in [-0.25, -0.2) is 0 Å². The van der Waals surface area contributed by atoms with Crippen LogP contribution < -0.4 is 0 Å². The monoisotopic (exact) mass is 239 g/mol. The van der Waals surface area contributed by atoms with E-state index in [1.807, 2.05) is 0 Å². The van der Waals surface area contributed by atoms with Gasteiger partial charge in [-0.1, -0.05) is 32.6 Å². The first kappa shape index (κ1) is 12.9. The second-order valence-corrected chi connectivity index (χ2v) is 5.90. The molecule has 17 heavy (non-hydrogen) atoms. The topological polar surface area (TPSA) is 40.5 Å². The highest BCUT2D eigenvalue weighted by molar-refractivity contribution is 5.74. The number of carboxylic acid groups (broad SMARTS) is 1. The highest BCUT2D eigenvalue weighted by atomic mass is 16.4. The standard InChI is InChI=1S/C14H25NO2/c1-11-8-9-15(13(11)14(16)17)10-12-6-4-2-3-5-7-12/h11-13H,2-10H2,1H3,(H,16,17). The van der Waals surface area contributed by atoms with Crippen LogP contribution in [0, 0.1) is 11.8 Å². The molecule has 1 aliphatic heterocycles. The molecule has 1 heterocycles. The van der Waals surface area contributed by atoms with E-state index in [2.05, 4.69) is 11.8 Å². The molecule has 2 aliphatic rings. The van der Waals surface area contributed by atoms with Gasteiger partial charge < -0.3 is 5.11 Å². The maximum absolute atomic E-state index is 11.3. The predicted molar refractivity (Wildman–Crippen MR) is 68.0 cm³/mol. The van der Waals surface area contributed by atoms with Crippen LogP contribution in [0.4, 0.5) is 0 Å². The molecule has 0 spiro atoms. The van der Waals surface area contributed by atoms with Gasteiger partial charge in [0.2, 0.25) is 0 Å². The summed E-state index contributed by atoms with van der Waals surface area (Å²) in [6.07, 6.45) is 9.07. The lowest BCUT2D eigenvalue weighted by molar-refractivity contribution is -0.143. The SMILES string of the molecule is CC1CCN(CC2CCCCCC2)C1C(=O)O. The van der Waals surface area contributed by atoms with Gasteiger partial charge in [0.25, 0.3) is 0 Å². The van der Waals surface area contributed by atoms with E-state index < -0.39 is 5.97 Å². The largest absolute Gasteiger partial charge is 0.480 e. The molecule has 1 N–H and O–H groups in total. The zero-order valence-electron chi connectivity index (χ0n) is 10.9. The van der Waals surface area contributed by atoms with Crippen LogP contribution in [0.5, 0.6) is 0 Å². The molecule has 0 aromatic rings. The van der Waals surface area contributed by atoms with Gasteiger partial charge in [-0.2, -0.15) is 0 Å². The highest BCUT2D eigenvalue weighted by Crippen LogP contribution is 2.29. The first-order chi connectivity index (χ1) is 8.18. The first-order valence-electron chi connectivity index (χ1n) is 7.15. The fourth-order valence-electron chi connectivity index (χ4n) is 3.51. The van der Waals surface area contributed by atoms with Crippen LogP contribution in [0.2, 0.25) is 0 Å². The lowest BCUT2D eigenvalue weighted by Crippen LogP contribution is -2.41. The molecule has 1 saturated carbocycles. The Balaban J connectivity index is 1.90. The number of carboxylic acids is 1. The molecule has 0 amide bonds. The van der Waals surface area contributed by atoms with Crippen molar-refractivity contribution in [3.05, 3.63) is 0 Å². The normalized spacial score (nSPS) is 32.5. The van der Waals surface area contributed by atoms with Gasteiger partial charge in [-0.05, 0) is 37.6 Å². The Labute approximate surface area is 104 Å². The van der Waals surface area contributed by atoms with E-state index in [0.717, 1.165) is 25.4 Å². The third kappa shape index (κ3) is 3.21. The van der Waals surface area contributed by atoms with Crippen LogP contribution in [0.1, 0.15) is 51.9 Å². The number of rotatable bonds is 3. The summed E-state index contributed by atoms with van der Waals surface area (Å²) in [5.41, 5.74) is 0. The summed E-state index contributed by atoms with van der Waals surface area (Å²) in [5, 5.41) is 9.30. The van der Waals surface area contributed by atoms with E-state index in [0.29, 0.717) is 5.92 Å². The number of nitrogens with zero attached hydrogens (tertiary/aromatic N) is 1. The molecular weight excluding hydrogens is 214 g/mol. The Bertz CT molecular complexity index is 259. The fraction of sp³-hybridized carbons (Fsp3) is 0.929. The van der Waals surface area contributed by atoms with Crippen molar-refractivity contribution in [2.24, 2.45) is 11.8 Å². The van der Waals surface area contributed by atoms with E-state index in [1.54, 1.807) is 0 Å². The number of aliphatic carboxylic acids is 1. The predicted octanol–water partition coefficient (Wildman–Crippen LogP) is 2.75. The Hall–Kier alpha value is -0.570. The van der Waals surface area contributed by atoms with Crippen molar-refractivity contribution >= 4 is 5.97 Å². The average molecular weight is 239 g/mol. The summed E-state index contributed by atoms with van der Waals surface area (Å²) in [7, 11) is 0. The van der Waals surface area contributed by atoms with Crippen molar-refractivity contribution in [2.75, 3.05) is 13.1 Å². The zero-order chi connectivity index (χ0) is 12.3. The summed E-state index contributed by atoms with van der Waals surface area (Å²) in [6, 6.07) is -0.224. The maximum Gasteiger partial charge on any atom is 0.321 e. The minimum atomic E-state index is -0.622. The number of likely N-dealkylation sites (tertiary alicyclic amines) is 1. The van der Waals surface area contributed by atoms with Gasteiger partial charge in [0, 0.05) is 6.54 Å². The van der Waals surface area contributed by atoms with Crippen molar-refractivity contribution in [1.82, 2.24) is 4.90 Å². The summed E-state index contributed by atoms with van der Waals surface area (Å²) >= 11 is 0. The molecule has 0 aromatic heterocycles. The van der Waals surface area contributed by atoms with Gasteiger partial charge in [-0.3, -0.25) is 9.69 Å². The van der Waals surface area contributed by atoms with Crippen molar-refractivity contribution in [1.29, 1.82) is 0 Å². The van der Waals surface area contributed by atoms with Crippen molar-refractivity contribution < 1.29 is 9.90 Å². The lowest BCUT2D eigenvalue weighted by atomic mass is 9.98. The van der Waals surface area contributed by atoms with Crippen LogP contribution in [0.25, 0.3) is 0 Å². The quantitative estimate of drug-likeness (QED) is 0.770. The molecule has 2 fully saturated rings. The van der Waals surface area contributed by atoms with Crippen LogP contribution >= 0.6 is 0 Å². The van der Waals surface area contributed by atoms with E-state index in [4.69, 9.17) is 0 Å². The number of hydrogen-bond acceptors (Lipinski definition) is 2. The molecule has 2 atom stereocenters. The highest BCUT2D eigenvalue weighted by Gasteiger charge is 2.37. The summed E-state index contributed by atoms with van der Waals surface area (Å²) in [4.78, 5) is 13.5. The Morgan fingerprint density at radius 1 is 1.18 bits per heavy atom. The van der Waals surface area contributed by atoms with Gasteiger partial charge in [0.1, 0.15) is 6.04 Å². The average Bonchev–Trinajstić information content (AvgIpc) is 2.51. The Morgan fingerprint density at radius 3 is 2.41 bits per heavy atom. The van der Waals surface area contributed by atoms with E-state index in [-0.39, 0.29) is 6.04 Å². The molecule has 3 heteroatoms. The van der Waals surface area contributed by atoms with Crippen LogP contribution in [-0.2, 0) is 4.79 Å². The van der Waals surface area contributed by atoms with Crippen molar-refractivity contribution in [2.45, 2.75) is 57.9 Å². The third-order valence-corrected chi connectivity index (χ3v) is 4.52. The molecule has 3 nitrogen and oxygen atoms in total. The smallest absolute Gasteiger partial charge is 0.321 e. The maximum atomic E-state index is 11.3. The molecule has 0 bridgehead atoms. The Morgan fingerprint density at radius 2 is 1.82 bits per heavy atom. The third-order valence-electron chi connectivity index (χ3n) is 4.52. The Kier molecular flexibility index (Phi) is 4.43. The van der Waals surface area contributed by atoms with Gasteiger partial charge in [0.15, 0.2) is 0 Å². The van der Waals surface area contributed by atoms with E-state index in [9.17, 15) is 9.90 Å². The molecule has 0 aromatic carbocycles. The molecule has 2 rings (SSSR count). The molecule has 1 aliphatic carbocycles. The van der Waals surface area contributed by atoms with Gasteiger partial charge in [0.05, 0.1) is 0 Å². The zero-order valence-corrected chi connectivity index (χ0v) is 10.9. The molecular formula is C14H25NO2. The first-order valence-corrected chi connectivity index (χ1v) is 7.15. The number of carbonyl (C=O) groups is 1. The fourth-order valence-corrected chi connectivity index (χ4v) is 3.51. The van der Waals surface area contributed by atoms with Gasteiger partial charge >= 0.3 is 5.97 Å². The van der Waals surface area contributed by atoms with E-state index >= 15 is 0 Å². The van der Waals surface area contributed by atoms with Crippen LogP contribution in [-0.4, -0.2) is 35.1 Å². The molecule has 98 valence electrons. The summed E-state index contributed by atoms with van der Waals surface area (Å²) in [6.45, 7) is 4.07. The second kappa shape index (κ2) is 5.85. The lowest BCUT2D eigenvalue weighted by Gasteiger charge is -2.27. The van der Waals surface area contributed by atoms with Crippen LogP contribution in [0.15, 0.2) is 0 Å². The minimum absolute atomic E-state index is 0.224. The van der Waals surface area contributed by atoms with E-state index in [1.165, 1.54) is 38.5 Å². The summed E-state index contributed by atoms with van der Waals surface area (Å²) < 4.78 is 0. The molecule has 0 radical (unpaired) electrons. The second-order valence-electron chi connectivity index (χ2n) is 5.90. The summed E-state index contributed by atoms with van der Waals surface area (Å²) in [5.74, 6) is 0.437. The van der Waals surface area contributed by atoms with Crippen molar-refractivity contribution in [3.8, 4) is 0 Å². The van der Waals surface area contributed by atoms with Crippen LogP contribution in [0.3, 0.4) is 0 Å². The van der Waals surface area contributed by atoms with Crippen molar-refractivity contribution in [3.63, 3.8) is 0 Å². The number of hydrogen-bond donors (Lipinski definition) is 1. The minimum Gasteiger partial charge on any atom is -0.480 e. The van der Waals surface area contributed by atoms with Gasteiger partial charge in [-0.15, -0.1) is 0 Å².